The molecular weight excluding hydrogens is 366 g/mol. The minimum absolute atomic E-state index is 0.0360. The van der Waals surface area contributed by atoms with E-state index in [9.17, 15) is 18.0 Å². The largest absolute Gasteiger partial charge is 0.456 e. The van der Waals surface area contributed by atoms with Gasteiger partial charge in [0.05, 0.1) is 21.2 Å². The van der Waals surface area contributed by atoms with Gasteiger partial charge in [-0.1, -0.05) is 23.2 Å². The Morgan fingerprint density at radius 1 is 1.12 bits per heavy atom. The van der Waals surface area contributed by atoms with Gasteiger partial charge < -0.3 is 10.1 Å². The number of ether oxygens (including phenoxy) is 1. The predicted octanol–water partition coefficient (Wildman–Crippen LogP) is 5.55. The second-order valence-electron chi connectivity index (χ2n) is 4.75. The lowest BCUT2D eigenvalue weighted by Gasteiger charge is -2.12. The first-order chi connectivity index (χ1) is 11.2. The Morgan fingerprint density at radius 2 is 1.83 bits per heavy atom. The maximum absolute atomic E-state index is 12.6. The van der Waals surface area contributed by atoms with Crippen molar-refractivity contribution in [3.8, 4) is 11.5 Å². The molecule has 2 aromatic rings. The van der Waals surface area contributed by atoms with E-state index in [1.807, 2.05) is 0 Å². The molecule has 0 fully saturated rings. The second-order valence-corrected chi connectivity index (χ2v) is 5.56. The highest BCUT2D eigenvalue weighted by Crippen LogP contribution is 2.36. The SMILES string of the molecule is CCNC(=O)c1cc(Oc2ccc(C(F)(F)F)cc2Cl)ccc1Cl. The van der Waals surface area contributed by atoms with Gasteiger partial charge in [0.1, 0.15) is 11.5 Å². The molecule has 0 aliphatic rings. The third-order valence-electron chi connectivity index (χ3n) is 3.01. The molecule has 0 bridgehead atoms. The van der Waals surface area contributed by atoms with Crippen molar-refractivity contribution >= 4 is 29.1 Å². The van der Waals surface area contributed by atoms with Crippen molar-refractivity contribution in [3.05, 3.63) is 57.6 Å². The highest BCUT2D eigenvalue weighted by Gasteiger charge is 2.31. The fourth-order valence-electron chi connectivity index (χ4n) is 1.88. The van der Waals surface area contributed by atoms with Crippen LogP contribution >= 0.6 is 23.2 Å². The average molecular weight is 378 g/mol. The zero-order valence-electron chi connectivity index (χ0n) is 12.4. The second kappa shape index (κ2) is 7.32. The molecule has 0 aliphatic heterocycles. The minimum Gasteiger partial charge on any atom is -0.456 e. The fraction of sp³-hybridized carbons (Fsp3) is 0.188. The third kappa shape index (κ3) is 4.33. The Bertz CT molecular complexity index is 763. The monoisotopic (exact) mass is 377 g/mol. The molecule has 8 heteroatoms. The van der Waals surface area contributed by atoms with Gasteiger partial charge in [-0.3, -0.25) is 4.79 Å². The normalized spacial score (nSPS) is 11.2. The molecule has 2 rings (SSSR count). The van der Waals surface area contributed by atoms with Gasteiger partial charge >= 0.3 is 6.18 Å². The maximum Gasteiger partial charge on any atom is 0.416 e. The highest BCUT2D eigenvalue weighted by atomic mass is 35.5. The smallest absolute Gasteiger partial charge is 0.416 e. The number of alkyl halides is 3. The summed E-state index contributed by atoms with van der Waals surface area (Å²) in [4.78, 5) is 11.9. The number of carbonyl (C=O) groups excluding carboxylic acids is 1. The fourth-order valence-corrected chi connectivity index (χ4v) is 2.31. The van der Waals surface area contributed by atoms with Crippen LogP contribution in [0.3, 0.4) is 0 Å². The molecule has 0 unspecified atom stereocenters. The summed E-state index contributed by atoms with van der Waals surface area (Å²) in [5.74, 6) is -0.123. The molecule has 3 nitrogen and oxygen atoms in total. The lowest BCUT2D eigenvalue weighted by atomic mass is 10.2. The summed E-state index contributed by atoms with van der Waals surface area (Å²) < 4.78 is 43.3. The van der Waals surface area contributed by atoms with E-state index in [2.05, 4.69) is 5.32 Å². The summed E-state index contributed by atoms with van der Waals surface area (Å²) in [6.45, 7) is 2.18. The van der Waals surface area contributed by atoms with Gasteiger partial charge in [-0.05, 0) is 43.3 Å². The molecule has 0 heterocycles. The van der Waals surface area contributed by atoms with Crippen molar-refractivity contribution < 1.29 is 22.7 Å². The summed E-state index contributed by atoms with van der Waals surface area (Å²) in [6.07, 6.45) is -4.49. The molecule has 0 atom stereocenters. The molecule has 128 valence electrons. The highest BCUT2D eigenvalue weighted by molar-refractivity contribution is 6.34. The van der Waals surface area contributed by atoms with Gasteiger partial charge in [0.15, 0.2) is 0 Å². The maximum atomic E-state index is 12.6. The number of carbonyl (C=O) groups is 1. The van der Waals surface area contributed by atoms with E-state index in [1.54, 1.807) is 6.92 Å². The predicted molar refractivity (Wildman–Crippen MR) is 86.0 cm³/mol. The number of nitrogens with one attached hydrogen (secondary N) is 1. The van der Waals surface area contributed by atoms with Crippen LogP contribution in [0.15, 0.2) is 36.4 Å². The number of halogens is 5. The number of hydrogen-bond donors (Lipinski definition) is 1. The van der Waals surface area contributed by atoms with E-state index in [-0.39, 0.29) is 33.0 Å². The Balaban J connectivity index is 2.29. The van der Waals surface area contributed by atoms with E-state index in [0.717, 1.165) is 18.2 Å². The van der Waals surface area contributed by atoms with Crippen LogP contribution in [0.1, 0.15) is 22.8 Å². The molecule has 0 aromatic heterocycles. The van der Waals surface area contributed by atoms with Gasteiger partial charge in [0, 0.05) is 6.54 Å². The zero-order valence-corrected chi connectivity index (χ0v) is 13.9. The summed E-state index contributed by atoms with van der Waals surface area (Å²) in [7, 11) is 0. The van der Waals surface area contributed by atoms with Gasteiger partial charge in [-0.25, -0.2) is 0 Å². The van der Waals surface area contributed by atoms with Crippen molar-refractivity contribution in [1.29, 1.82) is 0 Å². The van der Waals surface area contributed by atoms with Gasteiger partial charge in [0.2, 0.25) is 0 Å². The summed E-state index contributed by atoms with van der Waals surface area (Å²) in [6, 6.07) is 7.09. The quantitative estimate of drug-likeness (QED) is 0.757. The van der Waals surface area contributed by atoms with Crippen LogP contribution in [0.5, 0.6) is 11.5 Å². The van der Waals surface area contributed by atoms with E-state index < -0.39 is 11.7 Å². The standard InChI is InChI=1S/C16H12Cl2F3NO2/c1-2-22-15(23)11-8-10(4-5-12(11)17)24-14-6-3-9(7-13(14)18)16(19,20)21/h3-8H,2H2,1H3,(H,22,23). The molecule has 24 heavy (non-hydrogen) atoms. The van der Waals surface area contributed by atoms with Crippen molar-refractivity contribution in [3.63, 3.8) is 0 Å². The van der Waals surface area contributed by atoms with E-state index >= 15 is 0 Å². The Hall–Kier alpha value is -1.92. The van der Waals surface area contributed by atoms with Crippen LogP contribution in [0.25, 0.3) is 0 Å². The van der Waals surface area contributed by atoms with Crippen molar-refractivity contribution in [1.82, 2.24) is 5.32 Å². The Morgan fingerprint density at radius 3 is 2.42 bits per heavy atom. The van der Waals surface area contributed by atoms with Crippen LogP contribution in [0.4, 0.5) is 13.2 Å². The van der Waals surface area contributed by atoms with E-state index in [1.165, 1.54) is 18.2 Å². The molecule has 1 N–H and O–H groups in total. The van der Waals surface area contributed by atoms with Crippen LogP contribution in [-0.2, 0) is 6.18 Å². The van der Waals surface area contributed by atoms with Gasteiger partial charge in [-0.2, -0.15) is 13.2 Å². The van der Waals surface area contributed by atoms with Crippen molar-refractivity contribution in [2.75, 3.05) is 6.54 Å². The van der Waals surface area contributed by atoms with Crippen molar-refractivity contribution in [2.45, 2.75) is 13.1 Å². The Kier molecular flexibility index (Phi) is 5.62. The van der Waals surface area contributed by atoms with Crippen LogP contribution in [-0.4, -0.2) is 12.5 Å². The summed E-state index contributed by atoms with van der Waals surface area (Å²) >= 11 is 11.8. The van der Waals surface area contributed by atoms with Crippen LogP contribution in [0.2, 0.25) is 10.0 Å². The molecule has 0 aliphatic carbocycles. The zero-order chi connectivity index (χ0) is 17.9. The first-order valence-electron chi connectivity index (χ1n) is 6.84. The van der Waals surface area contributed by atoms with Gasteiger partial charge in [0.25, 0.3) is 5.91 Å². The molecule has 0 spiro atoms. The first kappa shape index (κ1) is 18.4. The molecule has 2 aromatic carbocycles. The lowest BCUT2D eigenvalue weighted by Crippen LogP contribution is -2.22. The molecular formula is C16H12Cl2F3NO2. The summed E-state index contributed by atoms with van der Waals surface area (Å²) in [5, 5.41) is 2.63. The molecule has 0 radical (unpaired) electrons. The number of benzene rings is 2. The Labute approximate surface area is 146 Å². The molecule has 0 saturated carbocycles. The van der Waals surface area contributed by atoms with Gasteiger partial charge in [-0.15, -0.1) is 0 Å². The van der Waals surface area contributed by atoms with E-state index in [0.29, 0.717) is 6.54 Å². The number of amides is 1. The minimum atomic E-state index is -4.49. The third-order valence-corrected chi connectivity index (χ3v) is 3.63. The average Bonchev–Trinajstić information content (AvgIpc) is 2.50. The summed E-state index contributed by atoms with van der Waals surface area (Å²) in [5.41, 5.74) is -0.682. The molecule has 0 saturated heterocycles. The number of hydrogen-bond acceptors (Lipinski definition) is 2. The van der Waals surface area contributed by atoms with Crippen LogP contribution < -0.4 is 10.1 Å². The molecule has 1 amide bonds. The lowest BCUT2D eigenvalue weighted by molar-refractivity contribution is -0.137. The van der Waals surface area contributed by atoms with Crippen molar-refractivity contribution in [2.24, 2.45) is 0 Å². The van der Waals surface area contributed by atoms with Crippen LogP contribution in [0, 0.1) is 0 Å². The van der Waals surface area contributed by atoms with E-state index in [4.69, 9.17) is 27.9 Å². The topological polar surface area (TPSA) is 38.3 Å². The number of rotatable bonds is 4. The first-order valence-corrected chi connectivity index (χ1v) is 7.60.